The molecule has 0 radical (unpaired) electrons. The van der Waals surface area contributed by atoms with Gasteiger partial charge in [-0.05, 0) is 18.1 Å². The molecule has 2 aromatic rings. The van der Waals surface area contributed by atoms with Gasteiger partial charge in [0.2, 0.25) is 5.88 Å². The van der Waals surface area contributed by atoms with E-state index < -0.39 is 0 Å². The standard InChI is InChI=1S/C18H26N2O/c1-2-3-4-5-6-9-12-21-18-13-15(14-19)16-10-7-8-11-17(16)20-18/h7-8,10-11,13H,2-6,9,12,14,19H2,1H3. The van der Waals surface area contributed by atoms with Gasteiger partial charge in [-0.15, -0.1) is 0 Å². The Bertz CT molecular complexity index is 554. The minimum Gasteiger partial charge on any atom is -0.478 e. The first-order chi connectivity index (χ1) is 10.3. The van der Waals surface area contributed by atoms with E-state index in [0.29, 0.717) is 12.4 Å². The van der Waals surface area contributed by atoms with Crippen LogP contribution in [0.25, 0.3) is 10.9 Å². The predicted octanol–water partition coefficient (Wildman–Crippen LogP) is 4.43. The van der Waals surface area contributed by atoms with E-state index in [1.807, 2.05) is 24.3 Å². The molecule has 0 spiro atoms. The lowest BCUT2D eigenvalue weighted by molar-refractivity contribution is 0.294. The SMILES string of the molecule is CCCCCCCCOc1cc(CN)c2ccccc2n1. The van der Waals surface area contributed by atoms with Crippen LogP contribution in [0, 0.1) is 0 Å². The maximum absolute atomic E-state index is 5.82. The topological polar surface area (TPSA) is 48.1 Å². The molecule has 3 heteroatoms. The molecule has 3 nitrogen and oxygen atoms in total. The predicted molar refractivity (Wildman–Crippen MR) is 88.5 cm³/mol. The number of benzene rings is 1. The summed E-state index contributed by atoms with van der Waals surface area (Å²) < 4.78 is 5.80. The quantitative estimate of drug-likeness (QED) is 0.694. The highest BCUT2D eigenvalue weighted by molar-refractivity contribution is 5.82. The summed E-state index contributed by atoms with van der Waals surface area (Å²) in [6, 6.07) is 10.0. The molecule has 21 heavy (non-hydrogen) atoms. The molecule has 0 unspecified atom stereocenters. The lowest BCUT2D eigenvalue weighted by Crippen LogP contribution is -2.03. The van der Waals surface area contributed by atoms with Gasteiger partial charge in [-0.2, -0.15) is 0 Å². The van der Waals surface area contributed by atoms with Gasteiger partial charge >= 0.3 is 0 Å². The zero-order valence-electron chi connectivity index (χ0n) is 13.0. The van der Waals surface area contributed by atoms with Crippen LogP contribution in [-0.2, 0) is 6.54 Å². The lowest BCUT2D eigenvalue weighted by atomic mass is 10.1. The third kappa shape index (κ3) is 4.71. The van der Waals surface area contributed by atoms with Crippen LogP contribution in [0.2, 0.25) is 0 Å². The molecule has 1 aromatic heterocycles. The second kappa shape index (κ2) is 8.63. The zero-order chi connectivity index (χ0) is 14.9. The second-order valence-electron chi connectivity index (χ2n) is 5.46. The fraction of sp³-hybridized carbons (Fsp3) is 0.500. The third-order valence-electron chi connectivity index (χ3n) is 3.75. The summed E-state index contributed by atoms with van der Waals surface area (Å²) in [6.45, 7) is 3.49. The number of rotatable bonds is 9. The molecule has 0 amide bonds. The Labute approximate surface area is 127 Å². The maximum Gasteiger partial charge on any atom is 0.214 e. The molecule has 0 aliphatic carbocycles. The summed E-state index contributed by atoms with van der Waals surface area (Å²) >= 11 is 0. The van der Waals surface area contributed by atoms with Gasteiger partial charge in [0.05, 0.1) is 12.1 Å². The van der Waals surface area contributed by atoms with E-state index in [1.54, 1.807) is 0 Å². The number of nitrogens with zero attached hydrogens (tertiary/aromatic N) is 1. The van der Waals surface area contributed by atoms with Crippen molar-refractivity contribution in [2.24, 2.45) is 5.73 Å². The molecule has 2 rings (SSSR count). The van der Waals surface area contributed by atoms with Crippen LogP contribution < -0.4 is 10.5 Å². The smallest absolute Gasteiger partial charge is 0.214 e. The molecule has 1 aromatic carbocycles. The van der Waals surface area contributed by atoms with Crippen LogP contribution in [0.1, 0.15) is 51.0 Å². The Hall–Kier alpha value is -1.61. The first-order valence-corrected chi connectivity index (χ1v) is 8.06. The number of hydrogen-bond acceptors (Lipinski definition) is 3. The Morgan fingerprint density at radius 2 is 1.81 bits per heavy atom. The summed E-state index contributed by atoms with van der Waals surface area (Å²) in [5, 5.41) is 1.12. The van der Waals surface area contributed by atoms with E-state index in [0.717, 1.165) is 29.5 Å². The number of unbranched alkanes of at least 4 members (excludes halogenated alkanes) is 5. The van der Waals surface area contributed by atoms with Crippen LogP contribution in [0.15, 0.2) is 30.3 Å². The summed E-state index contributed by atoms with van der Waals surface area (Å²) in [5.41, 5.74) is 7.88. The first kappa shape index (κ1) is 15.8. The molecule has 0 saturated heterocycles. The molecular formula is C18H26N2O. The third-order valence-corrected chi connectivity index (χ3v) is 3.75. The summed E-state index contributed by atoms with van der Waals surface area (Å²) in [5.74, 6) is 0.697. The summed E-state index contributed by atoms with van der Waals surface area (Å²) in [4.78, 5) is 4.55. The van der Waals surface area contributed by atoms with Crippen molar-refractivity contribution in [1.82, 2.24) is 4.98 Å². The molecule has 0 atom stereocenters. The molecule has 1 heterocycles. The Morgan fingerprint density at radius 1 is 1.05 bits per heavy atom. The van der Waals surface area contributed by atoms with E-state index in [-0.39, 0.29) is 0 Å². The van der Waals surface area contributed by atoms with Crippen molar-refractivity contribution in [3.8, 4) is 5.88 Å². The largest absolute Gasteiger partial charge is 0.478 e. The molecule has 0 saturated carbocycles. The number of hydrogen-bond donors (Lipinski definition) is 1. The average molecular weight is 286 g/mol. The molecule has 0 fully saturated rings. The van der Waals surface area contributed by atoms with Crippen molar-refractivity contribution >= 4 is 10.9 Å². The Kier molecular flexibility index (Phi) is 6.48. The second-order valence-corrected chi connectivity index (χ2v) is 5.46. The molecule has 114 valence electrons. The normalized spacial score (nSPS) is 11.0. The highest BCUT2D eigenvalue weighted by Gasteiger charge is 2.05. The van der Waals surface area contributed by atoms with Crippen molar-refractivity contribution in [3.63, 3.8) is 0 Å². The average Bonchev–Trinajstić information content (AvgIpc) is 2.53. The fourth-order valence-corrected chi connectivity index (χ4v) is 2.52. The molecule has 0 aliphatic rings. The van der Waals surface area contributed by atoms with Gasteiger partial charge in [-0.3, -0.25) is 0 Å². The number of fused-ring (bicyclic) bond motifs is 1. The molecule has 0 bridgehead atoms. The van der Waals surface area contributed by atoms with Gasteiger partial charge in [0.15, 0.2) is 0 Å². The van der Waals surface area contributed by atoms with Crippen LogP contribution in [0.4, 0.5) is 0 Å². The van der Waals surface area contributed by atoms with E-state index in [4.69, 9.17) is 10.5 Å². The van der Waals surface area contributed by atoms with E-state index in [2.05, 4.69) is 18.0 Å². The van der Waals surface area contributed by atoms with E-state index in [1.165, 1.54) is 32.1 Å². The summed E-state index contributed by atoms with van der Waals surface area (Å²) in [7, 11) is 0. The monoisotopic (exact) mass is 286 g/mol. The lowest BCUT2D eigenvalue weighted by Gasteiger charge is -2.09. The Morgan fingerprint density at radius 3 is 2.62 bits per heavy atom. The molecule has 0 aliphatic heterocycles. The first-order valence-electron chi connectivity index (χ1n) is 8.06. The number of nitrogens with two attached hydrogens (primary N) is 1. The van der Waals surface area contributed by atoms with Crippen LogP contribution in [-0.4, -0.2) is 11.6 Å². The molecular weight excluding hydrogens is 260 g/mol. The minimum absolute atomic E-state index is 0.510. The highest BCUT2D eigenvalue weighted by atomic mass is 16.5. The van der Waals surface area contributed by atoms with Crippen molar-refractivity contribution < 1.29 is 4.74 Å². The number of aromatic nitrogens is 1. The van der Waals surface area contributed by atoms with Gasteiger partial charge in [-0.25, -0.2) is 4.98 Å². The minimum atomic E-state index is 0.510. The van der Waals surface area contributed by atoms with Crippen molar-refractivity contribution in [2.45, 2.75) is 52.0 Å². The highest BCUT2D eigenvalue weighted by Crippen LogP contribution is 2.21. The van der Waals surface area contributed by atoms with Crippen LogP contribution >= 0.6 is 0 Å². The Balaban J connectivity index is 1.87. The summed E-state index contributed by atoms with van der Waals surface area (Å²) in [6.07, 6.45) is 7.60. The number of pyridine rings is 1. The van der Waals surface area contributed by atoms with Crippen LogP contribution in [0.3, 0.4) is 0 Å². The maximum atomic E-state index is 5.82. The molecule has 2 N–H and O–H groups in total. The number of para-hydroxylation sites is 1. The zero-order valence-corrected chi connectivity index (χ0v) is 13.0. The van der Waals surface area contributed by atoms with E-state index >= 15 is 0 Å². The van der Waals surface area contributed by atoms with Gasteiger partial charge in [0, 0.05) is 18.0 Å². The van der Waals surface area contributed by atoms with E-state index in [9.17, 15) is 0 Å². The van der Waals surface area contributed by atoms with Crippen molar-refractivity contribution in [3.05, 3.63) is 35.9 Å². The number of ether oxygens (including phenoxy) is 1. The van der Waals surface area contributed by atoms with Crippen LogP contribution in [0.5, 0.6) is 5.88 Å². The van der Waals surface area contributed by atoms with Gasteiger partial charge < -0.3 is 10.5 Å². The van der Waals surface area contributed by atoms with Crippen molar-refractivity contribution in [1.29, 1.82) is 0 Å². The van der Waals surface area contributed by atoms with Gasteiger partial charge in [-0.1, -0.05) is 57.2 Å². The van der Waals surface area contributed by atoms with Crippen molar-refractivity contribution in [2.75, 3.05) is 6.61 Å². The van der Waals surface area contributed by atoms with Gasteiger partial charge in [0.25, 0.3) is 0 Å². The van der Waals surface area contributed by atoms with Gasteiger partial charge in [0.1, 0.15) is 0 Å². The fourth-order valence-electron chi connectivity index (χ4n) is 2.52.